The van der Waals surface area contributed by atoms with E-state index in [4.69, 9.17) is 0 Å². The fourth-order valence-corrected chi connectivity index (χ4v) is 1.51. The van der Waals surface area contributed by atoms with Crippen LogP contribution in [0.5, 0.6) is 5.75 Å². The molecule has 6 heteroatoms. The number of imide groups is 1. The quantitative estimate of drug-likeness (QED) is 0.427. The zero-order valence-corrected chi connectivity index (χ0v) is 14.4. The first-order chi connectivity index (χ1) is 9.52. The molecule has 2 rings (SSSR count). The molecule has 1 fully saturated rings. The van der Waals surface area contributed by atoms with Crippen molar-refractivity contribution in [1.82, 2.24) is 5.32 Å². The Balaban J connectivity index is 0.000000390. The molecule has 1 aromatic carbocycles. The minimum absolute atomic E-state index is 0. The Morgan fingerprint density at radius 1 is 1.43 bits per heavy atom. The van der Waals surface area contributed by atoms with Crippen LogP contribution < -0.4 is 39.6 Å². The number of nitrogens with one attached hydrogen (secondary N) is 1. The van der Waals surface area contributed by atoms with E-state index in [0.29, 0.717) is 24.5 Å². The molecule has 0 unspecified atom stereocenters. The van der Waals surface area contributed by atoms with Crippen molar-refractivity contribution >= 4 is 18.3 Å². The molecule has 21 heavy (non-hydrogen) atoms. The van der Waals surface area contributed by atoms with Gasteiger partial charge in [-0.2, -0.15) is 24.1 Å². The van der Waals surface area contributed by atoms with Gasteiger partial charge in [0, 0.05) is 6.42 Å². The normalized spacial score (nSPS) is 13.1. The summed E-state index contributed by atoms with van der Waals surface area (Å²) in [5.41, 5.74) is 1.12. The predicted octanol–water partition coefficient (Wildman–Crippen LogP) is -1.31. The van der Waals surface area contributed by atoms with E-state index in [1.165, 1.54) is 12.9 Å². The zero-order valence-electron chi connectivity index (χ0n) is 12.4. The van der Waals surface area contributed by atoms with E-state index in [9.17, 15) is 14.4 Å². The summed E-state index contributed by atoms with van der Waals surface area (Å²) in [4.78, 5) is 30.5. The number of benzene rings is 1. The Morgan fingerprint density at radius 3 is 2.62 bits per heavy atom. The summed E-state index contributed by atoms with van der Waals surface area (Å²) >= 11 is 0. The molecular formula is C15H16NNaO4-2. The minimum Gasteiger partial charge on any atom is -0.634 e. The summed E-state index contributed by atoms with van der Waals surface area (Å²) in [7, 11) is 0. The molecule has 1 aliphatic heterocycles. The van der Waals surface area contributed by atoms with Crippen LogP contribution in [0.2, 0.25) is 0 Å². The molecule has 0 aromatic heterocycles. The van der Waals surface area contributed by atoms with Gasteiger partial charge in [0.25, 0.3) is 0 Å². The third-order valence-corrected chi connectivity index (χ3v) is 2.58. The molecule has 1 saturated heterocycles. The van der Waals surface area contributed by atoms with Crippen molar-refractivity contribution < 1.29 is 48.7 Å². The Kier molecular flexibility index (Phi) is 9.78. The molecule has 0 spiro atoms. The van der Waals surface area contributed by atoms with Crippen LogP contribution in [0.15, 0.2) is 18.2 Å². The van der Waals surface area contributed by atoms with Gasteiger partial charge in [0.1, 0.15) is 0 Å². The van der Waals surface area contributed by atoms with Crippen LogP contribution in [-0.4, -0.2) is 18.3 Å². The number of ether oxygens (including phenoxy) is 1. The Bertz CT molecular complexity index is 474. The molecule has 2 amide bonds. The molecule has 108 valence electrons. The van der Waals surface area contributed by atoms with Crippen molar-refractivity contribution in [3.05, 3.63) is 36.2 Å². The number of hydrogen-bond acceptors (Lipinski definition) is 4. The van der Waals surface area contributed by atoms with E-state index in [2.05, 4.69) is 30.0 Å². The van der Waals surface area contributed by atoms with Gasteiger partial charge in [-0.15, -0.1) is 5.75 Å². The van der Waals surface area contributed by atoms with Crippen molar-refractivity contribution in [1.29, 1.82) is 0 Å². The first kappa shape index (κ1) is 19.7. The maximum absolute atomic E-state index is 10.3. The van der Waals surface area contributed by atoms with Gasteiger partial charge >= 0.3 is 29.6 Å². The Labute approximate surface area is 146 Å². The third kappa shape index (κ3) is 7.90. The number of hydrogen-bond donors (Lipinski definition) is 1. The summed E-state index contributed by atoms with van der Waals surface area (Å²) in [6.45, 7) is 5.52. The smallest absolute Gasteiger partial charge is 0.634 e. The van der Waals surface area contributed by atoms with E-state index >= 15 is 0 Å². The van der Waals surface area contributed by atoms with Crippen LogP contribution >= 0.6 is 0 Å². The maximum Gasteiger partial charge on any atom is 1.00 e. The monoisotopic (exact) mass is 297 g/mol. The van der Waals surface area contributed by atoms with E-state index in [-0.39, 0.29) is 41.4 Å². The van der Waals surface area contributed by atoms with E-state index in [1.807, 2.05) is 6.07 Å². The van der Waals surface area contributed by atoms with Gasteiger partial charge < -0.3 is 26.1 Å². The Morgan fingerprint density at radius 2 is 2.14 bits per heavy atom. The van der Waals surface area contributed by atoms with Crippen molar-refractivity contribution in [2.24, 2.45) is 0 Å². The average Bonchev–Trinajstić information content (AvgIpc) is 2.40. The molecule has 1 heterocycles. The van der Waals surface area contributed by atoms with Crippen LogP contribution in [0.1, 0.15) is 38.2 Å². The van der Waals surface area contributed by atoms with Crippen LogP contribution in [-0.2, 0) is 14.4 Å². The van der Waals surface area contributed by atoms with Gasteiger partial charge in [-0.1, -0.05) is 13.8 Å². The first-order valence-corrected chi connectivity index (χ1v) is 6.25. The molecule has 1 aromatic rings. The second-order valence-corrected chi connectivity index (χ2v) is 4.48. The zero-order chi connectivity index (χ0) is 15.0. The number of piperidine rings is 1. The SMILES string of the molecule is CC(C)c1cc[c-]c(O[C-]=O)c1.O=C1[CH-]CCC(=O)N1.[Na+]. The molecule has 0 saturated carbocycles. The number of carbonyl (C=O) groups excluding carboxylic acids is 3. The topological polar surface area (TPSA) is 72.5 Å². The molecular weight excluding hydrogens is 281 g/mol. The van der Waals surface area contributed by atoms with E-state index in [1.54, 1.807) is 12.1 Å². The molecule has 1 N–H and O–H groups in total. The van der Waals surface area contributed by atoms with Crippen molar-refractivity contribution in [3.63, 3.8) is 0 Å². The van der Waals surface area contributed by atoms with Crippen LogP contribution in [0.4, 0.5) is 0 Å². The largest absolute Gasteiger partial charge is 1.00 e. The van der Waals surface area contributed by atoms with E-state index < -0.39 is 0 Å². The minimum atomic E-state index is -0.263. The molecule has 1 aliphatic rings. The summed E-state index contributed by atoms with van der Waals surface area (Å²) in [6.07, 6.45) is 2.51. The summed E-state index contributed by atoms with van der Waals surface area (Å²) in [5, 5.41) is 2.15. The number of rotatable bonds is 3. The van der Waals surface area contributed by atoms with Gasteiger partial charge in [-0.25, -0.2) is 12.1 Å². The molecule has 0 aliphatic carbocycles. The fraction of sp³-hybridized carbons (Fsp3) is 0.333. The second-order valence-electron chi connectivity index (χ2n) is 4.48. The first-order valence-electron chi connectivity index (χ1n) is 6.25. The predicted molar refractivity (Wildman–Crippen MR) is 72.4 cm³/mol. The van der Waals surface area contributed by atoms with Gasteiger partial charge in [0.05, 0.1) is 5.91 Å². The molecule has 5 nitrogen and oxygen atoms in total. The maximum atomic E-state index is 10.3. The number of amides is 2. The van der Waals surface area contributed by atoms with Gasteiger partial charge in [-0.3, -0.25) is 4.79 Å². The standard InChI is InChI=1S/C10H10O2.C5H6NO2.Na/c1-8(2)9-4-3-5-10(6-9)12-7-11;7-4-2-1-3-5(8)6-4;/h3-4,6,8H,1-2H3;2H,1,3H2,(H,6,7,8);/q-2;-1;+1. The van der Waals surface area contributed by atoms with Crippen LogP contribution in [0, 0.1) is 12.5 Å². The van der Waals surface area contributed by atoms with Crippen molar-refractivity contribution in [3.8, 4) is 5.75 Å². The van der Waals surface area contributed by atoms with Crippen molar-refractivity contribution in [2.45, 2.75) is 32.6 Å². The summed E-state index contributed by atoms with van der Waals surface area (Å²) in [5.74, 6) is 0.420. The third-order valence-electron chi connectivity index (χ3n) is 2.58. The van der Waals surface area contributed by atoms with Crippen molar-refractivity contribution in [2.75, 3.05) is 0 Å². The second kappa shape index (κ2) is 10.4. The molecule has 0 bridgehead atoms. The summed E-state index contributed by atoms with van der Waals surface area (Å²) in [6, 6.07) is 8.25. The Hall–Kier alpha value is -1.30. The van der Waals surface area contributed by atoms with Crippen LogP contribution in [0.3, 0.4) is 0 Å². The molecule has 0 atom stereocenters. The van der Waals surface area contributed by atoms with Crippen LogP contribution in [0.25, 0.3) is 0 Å². The van der Waals surface area contributed by atoms with Gasteiger partial charge in [0.2, 0.25) is 5.91 Å². The van der Waals surface area contributed by atoms with E-state index in [0.717, 1.165) is 5.56 Å². The van der Waals surface area contributed by atoms with Gasteiger partial charge in [0.15, 0.2) is 6.47 Å². The fourth-order valence-electron chi connectivity index (χ4n) is 1.51. The average molecular weight is 297 g/mol. The summed E-state index contributed by atoms with van der Waals surface area (Å²) < 4.78 is 4.54. The number of carbonyl (C=O) groups is 2. The van der Waals surface area contributed by atoms with Gasteiger partial charge in [-0.05, 0) is 5.92 Å². The molecule has 0 radical (unpaired) electrons.